The largest absolute Gasteiger partial charge is 0.456 e. The number of para-hydroxylation sites is 1. The molecule has 11 rings (SSSR count). The number of aromatic nitrogens is 3. The minimum Gasteiger partial charge on any atom is -0.456 e. The fraction of sp³-hybridized carbons (Fsp3) is 0. The summed E-state index contributed by atoms with van der Waals surface area (Å²) >= 11 is 1.79. The first kappa shape index (κ1) is 29.1. The molecule has 0 spiro atoms. The molecule has 11 aromatic rings. The molecule has 4 nitrogen and oxygen atoms in total. The monoisotopic (exact) mass is 681 g/mol. The number of benzene rings is 8. The van der Waals surface area contributed by atoms with Gasteiger partial charge in [0.1, 0.15) is 11.2 Å². The Kier molecular flexibility index (Phi) is 6.39. The smallest absolute Gasteiger partial charge is 0.164 e. The summed E-state index contributed by atoms with van der Waals surface area (Å²) in [5, 5.41) is 9.54. The van der Waals surface area contributed by atoms with Crippen molar-refractivity contribution in [2.24, 2.45) is 0 Å². The molecule has 8 aromatic carbocycles. The van der Waals surface area contributed by atoms with Crippen LogP contribution in [-0.2, 0) is 0 Å². The van der Waals surface area contributed by atoms with Crippen molar-refractivity contribution in [3.63, 3.8) is 0 Å². The van der Waals surface area contributed by atoms with Crippen LogP contribution in [0.2, 0.25) is 0 Å². The SMILES string of the molecule is c1cc(-c2nc(-c3ccc4c(c3)sc3ccccc34)nc(-c3ccc4oc5ccccc5c4c3)n2)cc(-c2cccc3ccc4ccccc4c23)c1. The van der Waals surface area contributed by atoms with Crippen LogP contribution in [0, 0.1) is 0 Å². The van der Waals surface area contributed by atoms with Gasteiger partial charge in [-0.1, -0.05) is 121 Å². The average molecular weight is 682 g/mol. The van der Waals surface area contributed by atoms with Crippen molar-refractivity contribution in [1.82, 2.24) is 15.0 Å². The predicted molar refractivity (Wildman–Crippen MR) is 217 cm³/mol. The fourth-order valence-corrected chi connectivity index (χ4v) is 8.76. The van der Waals surface area contributed by atoms with Crippen LogP contribution >= 0.6 is 11.3 Å². The Labute approximate surface area is 302 Å². The molecule has 0 radical (unpaired) electrons. The Morgan fingerprint density at radius 1 is 0.365 bits per heavy atom. The Morgan fingerprint density at radius 2 is 0.981 bits per heavy atom. The van der Waals surface area contributed by atoms with E-state index in [1.807, 2.05) is 30.3 Å². The number of nitrogens with zero attached hydrogens (tertiary/aromatic N) is 3. The number of hydrogen-bond acceptors (Lipinski definition) is 5. The van der Waals surface area contributed by atoms with Gasteiger partial charge in [0.2, 0.25) is 0 Å². The number of rotatable bonds is 4. The second-order valence-corrected chi connectivity index (χ2v) is 14.3. The lowest BCUT2D eigenvalue weighted by molar-refractivity contribution is 0.669. The zero-order valence-electron chi connectivity index (χ0n) is 27.7. The summed E-state index contributed by atoms with van der Waals surface area (Å²) in [5.74, 6) is 1.88. The first-order chi connectivity index (χ1) is 25.7. The van der Waals surface area contributed by atoms with Gasteiger partial charge in [0.25, 0.3) is 0 Å². The lowest BCUT2D eigenvalue weighted by Gasteiger charge is -2.12. The van der Waals surface area contributed by atoms with E-state index in [-0.39, 0.29) is 0 Å². The normalized spacial score (nSPS) is 11.8. The molecule has 0 atom stereocenters. The van der Waals surface area contributed by atoms with E-state index in [1.54, 1.807) is 11.3 Å². The lowest BCUT2D eigenvalue weighted by atomic mass is 9.93. The van der Waals surface area contributed by atoms with Gasteiger partial charge in [-0.05, 0) is 75.1 Å². The summed E-state index contributed by atoms with van der Waals surface area (Å²) < 4.78 is 8.63. The van der Waals surface area contributed by atoms with Crippen LogP contribution in [0.15, 0.2) is 168 Å². The fourth-order valence-electron chi connectivity index (χ4n) is 7.62. The van der Waals surface area contributed by atoms with Crippen molar-refractivity contribution >= 4 is 75.0 Å². The van der Waals surface area contributed by atoms with E-state index >= 15 is 0 Å². The average Bonchev–Trinajstić information content (AvgIpc) is 3.78. The molecule has 0 fully saturated rings. The van der Waals surface area contributed by atoms with Gasteiger partial charge in [0.05, 0.1) is 0 Å². The molecule has 242 valence electrons. The molecule has 0 aliphatic rings. The second-order valence-electron chi connectivity index (χ2n) is 13.2. The maximum atomic E-state index is 6.16. The van der Waals surface area contributed by atoms with E-state index in [0.29, 0.717) is 17.5 Å². The van der Waals surface area contributed by atoms with Crippen molar-refractivity contribution in [3.8, 4) is 45.3 Å². The maximum absolute atomic E-state index is 6.16. The van der Waals surface area contributed by atoms with Crippen LogP contribution in [0.4, 0.5) is 0 Å². The molecule has 0 aliphatic carbocycles. The summed E-state index contributed by atoms with van der Waals surface area (Å²) in [4.78, 5) is 15.5. The molecular formula is C47H27N3OS. The molecule has 5 heteroatoms. The number of furan rings is 1. The van der Waals surface area contributed by atoms with Gasteiger partial charge < -0.3 is 4.42 Å². The highest BCUT2D eigenvalue weighted by atomic mass is 32.1. The number of fused-ring (bicyclic) bond motifs is 9. The number of thiophene rings is 1. The van der Waals surface area contributed by atoms with E-state index in [9.17, 15) is 0 Å². The van der Waals surface area contributed by atoms with Crippen molar-refractivity contribution < 1.29 is 4.42 Å². The van der Waals surface area contributed by atoms with E-state index in [4.69, 9.17) is 19.4 Å². The molecule has 0 unspecified atom stereocenters. The molecule has 3 heterocycles. The first-order valence-electron chi connectivity index (χ1n) is 17.3. The molecule has 0 aliphatic heterocycles. The highest BCUT2D eigenvalue weighted by molar-refractivity contribution is 7.25. The Morgan fingerprint density at radius 3 is 1.87 bits per heavy atom. The molecule has 52 heavy (non-hydrogen) atoms. The Bertz CT molecular complexity index is 3210. The van der Waals surface area contributed by atoms with Crippen LogP contribution in [0.1, 0.15) is 0 Å². The third-order valence-corrected chi connectivity index (χ3v) is 11.2. The minimum absolute atomic E-state index is 0.616. The molecule has 3 aromatic heterocycles. The molecule has 0 saturated carbocycles. The van der Waals surface area contributed by atoms with Crippen molar-refractivity contribution in [2.75, 3.05) is 0 Å². The van der Waals surface area contributed by atoms with Crippen molar-refractivity contribution in [3.05, 3.63) is 164 Å². The highest BCUT2D eigenvalue weighted by Crippen LogP contribution is 2.39. The third kappa shape index (κ3) is 4.64. The van der Waals surface area contributed by atoms with Gasteiger partial charge in [-0.15, -0.1) is 11.3 Å². The standard InChI is InChI=1S/C47H27N3OS/c1-2-13-34-28(9-1)19-20-29-10-8-16-35(44(29)34)30-11-7-12-31(25-30)45-48-46(32-22-24-41-39(26-32)36-14-3-5-17-40(36)51-41)50-47(49-45)33-21-23-38-37-15-4-6-18-42(37)52-43(38)27-33/h1-27H. The Hall–Kier alpha value is -6.69. The summed E-state index contributed by atoms with van der Waals surface area (Å²) in [7, 11) is 0. The quantitative estimate of drug-likeness (QED) is 0.174. The lowest BCUT2D eigenvalue weighted by Crippen LogP contribution is -2.00. The second kappa shape index (κ2) is 11.4. The van der Waals surface area contributed by atoms with Gasteiger partial charge in [0, 0.05) is 47.6 Å². The predicted octanol–water partition coefficient (Wildman–Crippen LogP) is 13.1. The van der Waals surface area contributed by atoms with E-state index in [1.165, 1.54) is 47.3 Å². The summed E-state index contributed by atoms with van der Waals surface area (Å²) in [6.45, 7) is 0. The summed E-state index contributed by atoms with van der Waals surface area (Å²) in [6.07, 6.45) is 0. The molecule has 0 bridgehead atoms. The molecule has 0 N–H and O–H groups in total. The van der Waals surface area contributed by atoms with Crippen molar-refractivity contribution in [1.29, 1.82) is 0 Å². The van der Waals surface area contributed by atoms with Crippen LogP contribution < -0.4 is 0 Å². The van der Waals surface area contributed by atoms with Crippen molar-refractivity contribution in [2.45, 2.75) is 0 Å². The molecule has 0 amide bonds. The van der Waals surface area contributed by atoms with Gasteiger partial charge in [-0.25, -0.2) is 15.0 Å². The molecule has 0 saturated heterocycles. The van der Waals surface area contributed by atoms with E-state index in [2.05, 4.69) is 133 Å². The number of hydrogen-bond donors (Lipinski definition) is 0. The zero-order valence-corrected chi connectivity index (χ0v) is 28.6. The van der Waals surface area contributed by atoms with E-state index in [0.717, 1.165) is 44.2 Å². The highest BCUT2D eigenvalue weighted by Gasteiger charge is 2.17. The van der Waals surface area contributed by atoms with Gasteiger partial charge in [-0.3, -0.25) is 0 Å². The van der Waals surface area contributed by atoms with E-state index < -0.39 is 0 Å². The van der Waals surface area contributed by atoms with Gasteiger partial charge in [0.15, 0.2) is 17.5 Å². The summed E-state index contributed by atoms with van der Waals surface area (Å²) in [5.41, 5.74) is 6.78. The molecular weight excluding hydrogens is 655 g/mol. The van der Waals surface area contributed by atoms with Crippen LogP contribution in [-0.4, -0.2) is 15.0 Å². The minimum atomic E-state index is 0.616. The van der Waals surface area contributed by atoms with Crippen LogP contribution in [0.5, 0.6) is 0 Å². The van der Waals surface area contributed by atoms with Gasteiger partial charge in [-0.2, -0.15) is 0 Å². The third-order valence-electron chi connectivity index (χ3n) is 10.1. The topological polar surface area (TPSA) is 51.8 Å². The van der Waals surface area contributed by atoms with Gasteiger partial charge >= 0.3 is 0 Å². The van der Waals surface area contributed by atoms with Crippen LogP contribution in [0.25, 0.3) is 109 Å². The zero-order chi connectivity index (χ0) is 34.2. The van der Waals surface area contributed by atoms with Crippen LogP contribution in [0.3, 0.4) is 0 Å². The maximum Gasteiger partial charge on any atom is 0.164 e. The first-order valence-corrected chi connectivity index (χ1v) is 18.2. The Balaban J connectivity index is 1.11. The summed E-state index contributed by atoms with van der Waals surface area (Å²) in [6, 6.07) is 57.6.